The normalized spacial score (nSPS) is 10.1. The Morgan fingerprint density at radius 3 is 2.19 bits per heavy atom. The van der Waals surface area contributed by atoms with Crippen LogP contribution in [0.5, 0.6) is 11.5 Å². The van der Waals surface area contributed by atoms with Crippen LogP contribution < -0.4 is 10.2 Å². The molecule has 3 aromatic rings. The molecule has 0 aliphatic rings. The third kappa shape index (κ3) is 2.64. The maximum atomic E-state index is 12.1. The van der Waals surface area contributed by atoms with E-state index in [2.05, 4.69) is 0 Å². The van der Waals surface area contributed by atoms with Crippen LogP contribution in [0.3, 0.4) is 0 Å². The number of benzene rings is 3. The Morgan fingerprint density at radius 2 is 1.43 bits per heavy atom. The van der Waals surface area contributed by atoms with Crippen LogP contribution in [0.2, 0.25) is 0 Å². The van der Waals surface area contributed by atoms with Gasteiger partial charge in [0, 0.05) is 0 Å². The zero-order chi connectivity index (χ0) is 14.1. The molecule has 21 heavy (non-hydrogen) atoms. The molecule has 0 aliphatic heterocycles. The average molecular weight is 325 g/mol. The molecule has 3 aromatic carbocycles. The molecule has 0 bridgehead atoms. The maximum Gasteiger partial charge on any atom is 2.00 e. The van der Waals surface area contributed by atoms with E-state index in [0.29, 0.717) is 5.39 Å². The topological polar surface area (TPSA) is 70.0 Å². The predicted octanol–water partition coefficient (Wildman–Crippen LogP) is 2.40. The van der Waals surface area contributed by atoms with Crippen LogP contribution in [0, 0.1) is 5.41 Å². The van der Waals surface area contributed by atoms with Gasteiger partial charge in [0.15, 0.2) is 0 Å². The van der Waals surface area contributed by atoms with Gasteiger partial charge in [-0.25, -0.2) is 0 Å². The van der Waals surface area contributed by atoms with Crippen LogP contribution in [-0.4, -0.2) is 5.71 Å². The van der Waals surface area contributed by atoms with Gasteiger partial charge >= 0.3 is 17.1 Å². The van der Waals surface area contributed by atoms with Crippen molar-refractivity contribution in [3.8, 4) is 11.5 Å². The van der Waals surface area contributed by atoms with E-state index in [1.165, 1.54) is 12.1 Å². The first-order valence-electron chi connectivity index (χ1n) is 6.22. The second-order valence-corrected chi connectivity index (χ2v) is 4.53. The third-order valence-electron chi connectivity index (χ3n) is 3.30. The van der Waals surface area contributed by atoms with Crippen molar-refractivity contribution in [2.75, 3.05) is 0 Å². The minimum absolute atomic E-state index is 0. The van der Waals surface area contributed by atoms with E-state index in [1.54, 1.807) is 30.3 Å². The Morgan fingerprint density at radius 1 is 0.762 bits per heavy atom. The maximum absolute atomic E-state index is 12.1. The molecule has 0 amide bonds. The van der Waals surface area contributed by atoms with Gasteiger partial charge in [-0.1, -0.05) is 72.2 Å². The molecule has 0 aliphatic carbocycles. The standard InChI is InChI=1S/C17H13NO2.Cu/c18-17(13-7-3-4-8-14(13)19)16-12-6-2-1-5-11(12)9-10-15(16)20;/h1-10,18-20H;/q;+2/p-2. The molecule has 0 fully saturated rings. The molecule has 4 heteroatoms. The summed E-state index contributed by atoms with van der Waals surface area (Å²) in [6.45, 7) is 0. The predicted molar refractivity (Wildman–Crippen MR) is 75.2 cm³/mol. The quantitative estimate of drug-likeness (QED) is 0.581. The Labute approximate surface area is 132 Å². The molecular weight excluding hydrogens is 314 g/mol. The molecule has 1 radical (unpaired) electrons. The molecule has 0 saturated carbocycles. The van der Waals surface area contributed by atoms with Gasteiger partial charge in [0.05, 0.1) is 5.71 Å². The van der Waals surface area contributed by atoms with E-state index in [4.69, 9.17) is 5.41 Å². The Balaban J connectivity index is 0.00000161. The van der Waals surface area contributed by atoms with E-state index in [0.717, 1.165) is 5.39 Å². The largest absolute Gasteiger partial charge is 2.00 e. The van der Waals surface area contributed by atoms with Crippen LogP contribution >= 0.6 is 0 Å². The van der Waals surface area contributed by atoms with Crippen LogP contribution in [0.25, 0.3) is 10.8 Å². The van der Waals surface area contributed by atoms with Crippen molar-refractivity contribution in [1.82, 2.24) is 0 Å². The number of hydrogen-bond donors (Lipinski definition) is 1. The average Bonchev–Trinajstić information content (AvgIpc) is 2.47. The van der Waals surface area contributed by atoms with Gasteiger partial charge in [-0.15, -0.1) is 0 Å². The Hall–Kier alpha value is -2.29. The number of hydrogen-bond acceptors (Lipinski definition) is 3. The van der Waals surface area contributed by atoms with Gasteiger partial charge in [-0.3, -0.25) is 5.41 Å². The summed E-state index contributed by atoms with van der Waals surface area (Å²) >= 11 is 0. The van der Waals surface area contributed by atoms with Gasteiger partial charge < -0.3 is 10.2 Å². The van der Waals surface area contributed by atoms with E-state index >= 15 is 0 Å². The van der Waals surface area contributed by atoms with Gasteiger partial charge in [-0.05, 0) is 21.9 Å². The van der Waals surface area contributed by atoms with Gasteiger partial charge in [0.2, 0.25) is 0 Å². The molecule has 1 N–H and O–H groups in total. The monoisotopic (exact) mass is 324 g/mol. The SMILES string of the molecule is N=C(c1ccccc1[O-])c1c([O-])ccc2ccccc12.[Cu+2]. The molecule has 3 nitrogen and oxygen atoms in total. The molecule has 107 valence electrons. The molecule has 0 saturated heterocycles. The summed E-state index contributed by atoms with van der Waals surface area (Å²) in [6, 6.07) is 16.9. The Bertz CT molecular complexity index is 815. The smallest absolute Gasteiger partial charge is 0.872 e. The number of fused-ring (bicyclic) bond motifs is 1. The van der Waals surface area contributed by atoms with Gasteiger partial charge in [0.1, 0.15) is 0 Å². The van der Waals surface area contributed by atoms with Crippen molar-refractivity contribution >= 4 is 16.5 Å². The summed E-state index contributed by atoms with van der Waals surface area (Å²) in [6.07, 6.45) is 0. The fourth-order valence-electron chi connectivity index (χ4n) is 2.32. The number of para-hydroxylation sites is 1. The molecule has 3 rings (SSSR count). The van der Waals surface area contributed by atoms with Crippen LogP contribution in [-0.2, 0) is 17.1 Å². The van der Waals surface area contributed by atoms with Crippen molar-refractivity contribution in [3.63, 3.8) is 0 Å². The van der Waals surface area contributed by atoms with E-state index < -0.39 is 0 Å². The number of nitrogens with one attached hydrogen (secondary N) is 1. The van der Waals surface area contributed by atoms with Gasteiger partial charge in [-0.2, -0.15) is 0 Å². The number of rotatable bonds is 2. The Kier molecular flexibility index (Phi) is 4.32. The van der Waals surface area contributed by atoms with Crippen LogP contribution in [0.15, 0.2) is 60.7 Å². The minimum atomic E-state index is -0.246. The summed E-state index contributed by atoms with van der Waals surface area (Å²) in [4.78, 5) is 0. The molecule has 0 aromatic heterocycles. The van der Waals surface area contributed by atoms with E-state index in [-0.39, 0.29) is 45.4 Å². The second-order valence-electron chi connectivity index (χ2n) is 4.53. The van der Waals surface area contributed by atoms with E-state index in [1.807, 2.05) is 18.2 Å². The van der Waals surface area contributed by atoms with Crippen molar-refractivity contribution < 1.29 is 27.3 Å². The molecular formula is C17H11CuNO2. The molecule has 0 atom stereocenters. The van der Waals surface area contributed by atoms with Gasteiger partial charge in [0.25, 0.3) is 0 Å². The summed E-state index contributed by atoms with van der Waals surface area (Å²) in [5.41, 5.74) is 0.518. The fourth-order valence-corrected chi connectivity index (χ4v) is 2.32. The van der Waals surface area contributed by atoms with Crippen molar-refractivity contribution in [2.45, 2.75) is 0 Å². The fraction of sp³-hybridized carbons (Fsp3) is 0. The van der Waals surface area contributed by atoms with Crippen molar-refractivity contribution in [1.29, 1.82) is 5.41 Å². The summed E-state index contributed by atoms with van der Waals surface area (Å²) < 4.78 is 0. The summed E-state index contributed by atoms with van der Waals surface area (Å²) in [7, 11) is 0. The summed E-state index contributed by atoms with van der Waals surface area (Å²) in [5.74, 6) is -0.484. The van der Waals surface area contributed by atoms with Crippen molar-refractivity contribution in [2.24, 2.45) is 0 Å². The second kappa shape index (κ2) is 6.00. The van der Waals surface area contributed by atoms with Crippen LogP contribution in [0.1, 0.15) is 11.1 Å². The summed E-state index contributed by atoms with van der Waals surface area (Å²) in [5, 5.41) is 33.8. The third-order valence-corrected chi connectivity index (χ3v) is 3.30. The minimum Gasteiger partial charge on any atom is -0.872 e. The first kappa shape index (κ1) is 15.1. The zero-order valence-electron chi connectivity index (χ0n) is 10.9. The molecule has 0 spiro atoms. The first-order valence-corrected chi connectivity index (χ1v) is 6.22. The van der Waals surface area contributed by atoms with E-state index in [9.17, 15) is 10.2 Å². The van der Waals surface area contributed by atoms with Crippen LogP contribution in [0.4, 0.5) is 0 Å². The van der Waals surface area contributed by atoms with Crippen molar-refractivity contribution in [3.05, 3.63) is 71.8 Å². The first-order chi connectivity index (χ1) is 9.68. The molecule has 0 heterocycles. The zero-order valence-corrected chi connectivity index (χ0v) is 11.8. The molecule has 0 unspecified atom stereocenters.